The number of aryl methyl sites for hydroxylation is 1. The van der Waals surface area contributed by atoms with Gasteiger partial charge in [0.2, 0.25) is 5.91 Å². The first-order valence-corrected chi connectivity index (χ1v) is 12.5. The van der Waals surface area contributed by atoms with Gasteiger partial charge in [-0.2, -0.15) is 0 Å². The van der Waals surface area contributed by atoms with Gasteiger partial charge in [0.25, 0.3) is 0 Å². The number of anilines is 1. The van der Waals surface area contributed by atoms with Crippen molar-refractivity contribution in [2.24, 2.45) is 5.92 Å². The molecule has 0 spiro atoms. The topological polar surface area (TPSA) is 53.8 Å². The molecule has 7 nitrogen and oxygen atoms in total. The molecule has 3 aromatic rings. The number of piperazine rings is 1. The summed E-state index contributed by atoms with van der Waals surface area (Å²) in [6.45, 7) is 9.05. The molecule has 1 atom stereocenters. The summed E-state index contributed by atoms with van der Waals surface area (Å²) < 4.78 is 7.57. The van der Waals surface area contributed by atoms with Crippen LogP contribution < -0.4 is 9.64 Å². The molecular formula is C27H35N5O2. The molecule has 3 heterocycles. The first-order valence-electron chi connectivity index (χ1n) is 12.5. The third-order valence-electron chi connectivity index (χ3n) is 7.30. The highest BCUT2D eigenvalue weighted by atomic mass is 16.5. The van der Waals surface area contributed by atoms with E-state index in [1.165, 1.54) is 11.2 Å². The summed E-state index contributed by atoms with van der Waals surface area (Å²) in [7, 11) is 1.69. The van der Waals surface area contributed by atoms with Crippen LogP contribution in [0.2, 0.25) is 0 Å². The van der Waals surface area contributed by atoms with E-state index in [1.807, 2.05) is 18.2 Å². The number of ether oxygens (including phenoxy) is 1. The Morgan fingerprint density at radius 1 is 1.03 bits per heavy atom. The van der Waals surface area contributed by atoms with Crippen molar-refractivity contribution in [2.75, 3.05) is 51.3 Å². The van der Waals surface area contributed by atoms with E-state index in [-0.39, 0.29) is 5.92 Å². The van der Waals surface area contributed by atoms with Crippen molar-refractivity contribution in [1.82, 2.24) is 19.4 Å². The van der Waals surface area contributed by atoms with Gasteiger partial charge in [-0.3, -0.25) is 9.69 Å². The fraction of sp³-hybridized carbons (Fsp3) is 0.481. The van der Waals surface area contributed by atoms with E-state index in [0.29, 0.717) is 5.91 Å². The Balaban J connectivity index is 1.18. The van der Waals surface area contributed by atoms with Crippen LogP contribution in [-0.4, -0.2) is 71.6 Å². The minimum absolute atomic E-state index is 0.0840. The molecule has 1 aromatic heterocycles. The number of piperidine rings is 1. The number of imidazole rings is 1. The second-order valence-electron chi connectivity index (χ2n) is 9.35. The molecule has 1 amide bonds. The molecule has 34 heavy (non-hydrogen) atoms. The van der Waals surface area contributed by atoms with Crippen LogP contribution in [0.1, 0.15) is 25.6 Å². The van der Waals surface area contributed by atoms with E-state index >= 15 is 0 Å². The predicted molar refractivity (Wildman–Crippen MR) is 135 cm³/mol. The van der Waals surface area contributed by atoms with Crippen LogP contribution >= 0.6 is 0 Å². The molecule has 2 aliphatic heterocycles. The van der Waals surface area contributed by atoms with Crippen molar-refractivity contribution in [3.05, 3.63) is 54.4 Å². The largest absolute Gasteiger partial charge is 0.497 e. The van der Waals surface area contributed by atoms with Gasteiger partial charge in [-0.15, -0.1) is 0 Å². The van der Waals surface area contributed by atoms with Gasteiger partial charge in [-0.05, 0) is 62.7 Å². The van der Waals surface area contributed by atoms with Crippen LogP contribution in [0, 0.1) is 5.92 Å². The molecule has 2 aromatic carbocycles. The van der Waals surface area contributed by atoms with Crippen molar-refractivity contribution in [2.45, 2.75) is 32.9 Å². The van der Waals surface area contributed by atoms with Crippen molar-refractivity contribution < 1.29 is 9.53 Å². The highest BCUT2D eigenvalue weighted by Crippen LogP contribution is 2.25. The molecule has 0 unspecified atom stereocenters. The molecule has 7 heteroatoms. The molecule has 0 N–H and O–H groups in total. The number of carbonyl (C=O) groups is 1. The number of nitrogens with zero attached hydrogens (tertiary/aromatic N) is 5. The first kappa shape index (κ1) is 22.7. The van der Waals surface area contributed by atoms with Crippen LogP contribution in [0.15, 0.2) is 48.5 Å². The summed E-state index contributed by atoms with van der Waals surface area (Å²) >= 11 is 0. The molecule has 0 bridgehead atoms. The SMILES string of the molecule is CCn1c(CN2CCC[C@@H](C(=O)N3CCN(c4ccc(OC)cc4)CC3)C2)nc2ccccc21. The summed E-state index contributed by atoms with van der Waals surface area (Å²) in [4.78, 5) is 25.1. The van der Waals surface area contributed by atoms with Gasteiger partial charge in [0.1, 0.15) is 11.6 Å². The van der Waals surface area contributed by atoms with Crippen molar-refractivity contribution >= 4 is 22.6 Å². The Morgan fingerprint density at radius 2 is 1.79 bits per heavy atom. The van der Waals surface area contributed by atoms with Crippen LogP contribution in [0.4, 0.5) is 5.69 Å². The Kier molecular flexibility index (Phi) is 6.72. The number of benzene rings is 2. The van der Waals surface area contributed by atoms with E-state index in [1.54, 1.807) is 7.11 Å². The van der Waals surface area contributed by atoms with Gasteiger partial charge in [-0.25, -0.2) is 4.98 Å². The molecule has 0 saturated carbocycles. The maximum Gasteiger partial charge on any atom is 0.227 e. The second kappa shape index (κ2) is 10.1. The number of methoxy groups -OCH3 is 1. The number of aromatic nitrogens is 2. The quantitative estimate of drug-likeness (QED) is 0.561. The van der Waals surface area contributed by atoms with Gasteiger partial charge < -0.3 is 19.1 Å². The van der Waals surface area contributed by atoms with Gasteiger partial charge in [0, 0.05) is 45.0 Å². The lowest BCUT2D eigenvalue weighted by Gasteiger charge is -2.39. The summed E-state index contributed by atoms with van der Waals surface area (Å²) in [6, 6.07) is 16.5. The minimum Gasteiger partial charge on any atom is -0.497 e. The van der Waals surface area contributed by atoms with Crippen molar-refractivity contribution in [1.29, 1.82) is 0 Å². The molecule has 2 aliphatic rings. The average molecular weight is 462 g/mol. The van der Waals surface area contributed by atoms with E-state index < -0.39 is 0 Å². The van der Waals surface area contributed by atoms with Crippen LogP contribution in [0.3, 0.4) is 0 Å². The number of hydrogen-bond acceptors (Lipinski definition) is 5. The van der Waals surface area contributed by atoms with Crippen LogP contribution in [-0.2, 0) is 17.9 Å². The summed E-state index contributed by atoms with van der Waals surface area (Å²) in [5.74, 6) is 2.38. The highest BCUT2D eigenvalue weighted by Gasteiger charge is 2.31. The van der Waals surface area contributed by atoms with Gasteiger partial charge in [0.05, 0.1) is 30.6 Å². The molecule has 180 valence electrons. The Labute approximate surface area is 201 Å². The van der Waals surface area contributed by atoms with E-state index in [9.17, 15) is 4.79 Å². The fourth-order valence-corrected chi connectivity index (χ4v) is 5.44. The number of hydrogen-bond donors (Lipinski definition) is 0. The van der Waals surface area contributed by atoms with Crippen molar-refractivity contribution in [3.8, 4) is 5.75 Å². The fourth-order valence-electron chi connectivity index (χ4n) is 5.44. The normalized spacial score (nSPS) is 19.5. The average Bonchev–Trinajstić information content (AvgIpc) is 3.25. The van der Waals surface area contributed by atoms with E-state index in [2.05, 4.69) is 56.5 Å². The molecule has 0 aliphatic carbocycles. The van der Waals surface area contributed by atoms with Crippen molar-refractivity contribution in [3.63, 3.8) is 0 Å². The standard InChI is InChI=1S/C27H35N5O2/c1-3-32-25-9-5-4-8-24(25)28-26(32)20-29-14-6-7-21(19-29)27(33)31-17-15-30(16-18-31)22-10-12-23(34-2)13-11-22/h4-5,8-13,21H,3,6-7,14-20H2,1-2H3/t21-/m1/s1. The minimum atomic E-state index is 0.0840. The lowest BCUT2D eigenvalue weighted by molar-refractivity contribution is -0.137. The second-order valence-corrected chi connectivity index (χ2v) is 9.35. The number of carbonyl (C=O) groups excluding carboxylic acids is 1. The maximum atomic E-state index is 13.4. The molecule has 2 saturated heterocycles. The monoisotopic (exact) mass is 461 g/mol. The van der Waals surface area contributed by atoms with E-state index in [4.69, 9.17) is 9.72 Å². The van der Waals surface area contributed by atoms with Crippen LogP contribution in [0.5, 0.6) is 5.75 Å². The van der Waals surface area contributed by atoms with Gasteiger partial charge in [-0.1, -0.05) is 12.1 Å². The molecular weight excluding hydrogens is 426 g/mol. The molecule has 5 rings (SSSR count). The zero-order valence-electron chi connectivity index (χ0n) is 20.3. The van der Waals surface area contributed by atoms with Gasteiger partial charge in [0.15, 0.2) is 0 Å². The third kappa shape index (κ3) is 4.62. The lowest BCUT2D eigenvalue weighted by atomic mass is 9.96. The van der Waals surface area contributed by atoms with E-state index in [0.717, 1.165) is 82.3 Å². The Morgan fingerprint density at radius 3 is 2.53 bits per heavy atom. The number of amides is 1. The van der Waals surface area contributed by atoms with Crippen LogP contribution in [0.25, 0.3) is 11.0 Å². The number of likely N-dealkylation sites (tertiary alicyclic amines) is 1. The third-order valence-corrected chi connectivity index (χ3v) is 7.30. The lowest BCUT2D eigenvalue weighted by Crippen LogP contribution is -2.52. The summed E-state index contributed by atoms with van der Waals surface area (Å²) in [6.07, 6.45) is 2.05. The zero-order valence-corrected chi connectivity index (χ0v) is 20.3. The van der Waals surface area contributed by atoms with Gasteiger partial charge >= 0.3 is 0 Å². The Hall–Kier alpha value is -3.06. The predicted octanol–water partition coefficient (Wildman–Crippen LogP) is 3.63. The number of rotatable bonds is 6. The summed E-state index contributed by atoms with van der Waals surface area (Å²) in [5, 5.41) is 0. The zero-order chi connectivity index (χ0) is 23.5. The molecule has 0 radical (unpaired) electrons. The smallest absolute Gasteiger partial charge is 0.227 e. The highest BCUT2D eigenvalue weighted by molar-refractivity contribution is 5.79. The first-order chi connectivity index (χ1) is 16.7. The molecule has 2 fully saturated rings. The number of para-hydroxylation sites is 2. The summed E-state index contributed by atoms with van der Waals surface area (Å²) in [5.41, 5.74) is 3.44. The maximum absolute atomic E-state index is 13.4. The number of fused-ring (bicyclic) bond motifs is 1. The Bertz CT molecular complexity index is 1120.